The molecule has 2 rings (SSSR count). The number of nitrogens with one attached hydrogen (secondary N) is 2. The number of thiocarbonyl (C=S) groups is 1. The summed E-state index contributed by atoms with van der Waals surface area (Å²) >= 11 is 11.9. The monoisotopic (exact) mass is 486 g/mol. The number of hydrogen-bond acceptors (Lipinski definition) is 4. The third-order valence-corrected chi connectivity index (χ3v) is 4.25. The van der Waals surface area contributed by atoms with Gasteiger partial charge < -0.3 is 14.8 Å². The van der Waals surface area contributed by atoms with Gasteiger partial charge in [0.1, 0.15) is 11.5 Å². The number of carbonyl (C=O) groups excluding carboxylic acids is 1. The van der Waals surface area contributed by atoms with Crippen LogP contribution in [0.3, 0.4) is 0 Å². The van der Waals surface area contributed by atoms with Gasteiger partial charge in [-0.1, -0.05) is 15.9 Å². The highest BCUT2D eigenvalue weighted by molar-refractivity contribution is 9.11. The molecule has 1 amide bonds. The highest BCUT2D eigenvalue weighted by Gasteiger charge is 2.08. The lowest BCUT2D eigenvalue weighted by atomic mass is 10.3. The Kier molecular flexibility index (Phi) is 7.67. The molecule has 0 saturated carbocycles. The number of rotatable bonds is 6. The maximum absolute atomic E-state index is 11.9. The summed E-state index contributed by atoms with van der Waals surface area (Å²) in [5, 5.41) is 5.70. The van der Waals surface area contributed by atoms with E-state index >= 15 is 0 Å². The van der Waals surface area contributed by atoms with Crippen molar-refractivity contribution in [2.24, 2.45) is 0 Å². The molecule has 0 atom stereocenters. The van der Waals surface area contributed by atoms with Gasteiger partial charge in [-0.05, 0) is 77.5 Å². The van der Waals surface area contributed by atoms with Crippen molar-refractivity contribution >= 4 is 60.8 Å². The number of hydrogen-bond donors (Lipinski definition) is 2. The summed E-state index contributed by atoms with van der Waals surface area (Å²) in [5.74, 6) is 0.999. The van der Waals surface area contributed by atoms with Gasteiger partial charge in [-0.3, -0.25) is 10.1 Å². The Balaban J connectivity index is 1.80. The molecule has 0 radical (unpaired) electrons. The van der Waals surface area contributed by atoms with Gasteiger partial charge in [0, 0.05) is 10.2 Å². The van der Waals surface area contributed by atoms with E-state index in [0.717, 1.165) is 20.4 Å². The third-order valence-electron chi connectivity index (χ3n) is 2.93. The number of halogens is 2. The van der Waals surface area contributed by atoms with Crippen molar-refractivity contribution in [1.82, 2.24) is 5.32 Å². The van der Waals surface area contributed by atoms with Crippen LogP contribution in [0.2, 0.25) is 0 Å². The Hall–Kier alpha value is -1.64. The highest BCUT2D eigenvalue weighted by atomic mass is 79.9. The van der Waals surface area contributed by atoms with Crippen LogP contribution in [0.15, 0.2) is 51.4 Å². The maximum Gasteiger partial charge on any atom is 0.264 e. The molecule has 0 spiro atoms. The Morgan fingerprint density at radius 1 is 1.12 bits per heavy atom. The van der Waals surface area contributed by atoms with Crippen LogP contribution >= 0.6 is 44.1 Å². The molecule has 0 aliphatic carbocycles. The molecule has 0 bridgehead atoms. The molecule has 0 saturated heterocycles. The molecule has 2 aromatic rings. The first-order valence-corrected chi connectivity index (χ1v) is 9.39. The van der Waals surface area contributed by atoms with Gasteiger partial charge in [-0.25, -0.2) is 0 Å². The summed E-state index contributed by atoms with van der Waals surface area (Å²) in [5.41, 5.74) is 0.755. The summed E-state index contributed by atoms with van der Waals surface area (Å²) < 4.78 is 12.5. The van der Waals surface area contributed by atoms with Crippen molar-refractivity contribution in [2.75, 3.05) is 18.5 Å². The first-order valence-electron chi connectivity index (χ1n) is 7.39. The van der Waals surface area contributed by atoms with Crippen LogP contribution in [0, 0.1) is 0 Å². The third kappa shape index (κ3) is 6.64. The van der Waals surface area contributed by atoms with Crippen molar-refractivity contribution in [2.45, 2.75) is 6.92 Å². The minimum absolute atomic E-state index is 0.147. The fraction of sp³-hybridized carbons (Fsp3) is 0.176. The minimum Gasteiger partial charge on any atom is -0.494 e. The number of ether oxygens (including phenoxy) is 2. The van der Waals surface area contributed by atoms with E-state index in [4.69, 9.17) is 21.7 Å². The number of amides is 1. The van der Waals surface area contributed by atoms with E-state index in [1.54, 1.807) is 6.07 Å². The zero-order valence-corrected chi connectivity index (χ0v) is 17.3. The first kappa shape index (κ1) is 19.7. The molecule has 25 heavy (non-hydrogen) atoms. The molecule has 0 aliphatic heterocycles. The van der Waals surface area contributed by atoms with E-state index in [2.05, 4.69) is 42.5 Å². The van der Waals surface area contributed by atoms with Crippen LogP contribution in [-0.2, 0) is 4.79 Å². The predicted molar refractivity (Wildman–Crippen MR) is 109 cm³/mol. The zero-order valence-electron chi connectivity index (χ0n) is 13.3. The molecule has 132 valence electrons. The molecular weight excluding hydrogens is 472 g/mol. The van der Waals surface area contributed by atoms with Gasteiger partial charge in [0.2, 0.25) is 0 Å². The Bertz CT molecular complexity index is 754. The van der Waals surface area contributed by atoms with Crippen molar-refractivity contribution in [3.8, 4) is 11.5 Å². The second-order valence-corrected chi connectivity index (χ2v) is 7.00. The van der Waals surface area contributed by atoms with Gasteiger partial charge in [-0.15, -0.1) is 0 Å². The molecule has 0 heterocycles. The smallest absolute Gasteiger partial charge is 0.264 e. The standard InChI is InChI=1S/C17H16Br2N2O3S/c1-2-23-13-6-4-12(5-7-13)20-17(25)21-16(22)10-24-15-8-3-11(18)9-14(15)19/h3-9H,2,10H2,1H3,(H2,20,21,22,25). The second-order valence-electron chi connectivity index (χ2n) is 4.82. The zero-order chi connectivity index (χ0) is 18.2. The molecule has 0 aromatic heterocycles. The quantitative estimate of drug-likeness (QED) is 0.587. The SMILES string of the molecule is CCOc1ccc(NC(=S)NC(=O)COc2ccc(Br)cc2Br)cc1. The second kappa shape index (κ2) is 9.74. The Labute approximate surface area is 168 Å². The van der Waals surface area contributed by atoms with Crippen molar-refractivity contribution in [3.63, 3.8) is 0 Å². The lowest BCUT2D eigenvalue weighted by Crippen LogP contribution is -2.37. The van der Waals surface area contributed by atoms with Crippen LogP contribution < -0.4 is 20.1 Å². The molecule has 2 N–H and O–H groups in total. The van der Waals surface area contributed by atoms with Gasteiger partial charge in [-0.2, -0.15) is 0 Å². The number of carbonyl (C=O) groups is 1. The molecular formula is C17H16Br2N2O3S. The largest absolute Gasteiger partial charge is 0.494 e. The van der Waals surface area contributed by atoms with Crippen LogP contribution in [-0.4, -0.2) is 24.2 Å². The molecule has 0 aliphatic rings. The highest BCUT2D eigenvalue weighted by Crippen LogP contribution is 2.28. The van der Waals surface area contributed by atoms with Crippen LogP contribution in [0.4, 0.5) is 5.69 Å². The van der Waals surface area contributed by atoms with E-state index in [0.29, 0.717) is 12.4 Å². The molecule has 0 unspecified atom stereocenters. The van der Waals surface area contributed by atoms with Crippen molar-refractivity contribution in [1.29, 1.82) is 0 Å². The van der Waals surface area contributed by atoms with E-state index in [9.17, 15) is 4.79 Å². The van der Waals surface area contributed by atoms with E-state index in [1.165, 1.54) is 0 Å². The lowest BCUT2D eigenvalue weighted by Gasteiger charge is -2.11. The number of benzene rings is 2. The average Bonchev–Trinajstić information content (AvgIpc) is 2.56. The molecule has 2 aromatic carbocycles. The maximum atomic E-state index is 11.9. The molecule has 8 heteroatoms. The lowest BCUT2D eigenvalue weighted by molar-refractivity contribution is -0.121. The summed E-state index contributed by atoms with van der Waals surface area (Å²) in [7, 11) is 0. The average molecular weight is 488 g/mol. The van der Waals surface area contributed by atoms with Gasteiger partial charge >= 0.3 is 0 Å². The van der Waals surface area contributed by atoms with Crippen molar-refractivity contribution in [3.05, 3.63) is 51.4 Å². The summed E-state index contributed by atoms with van der Waals surface area (Å²) in [6, 6.07) is 12.7. The fourth-order valence-corrected chi connectivity index (χ4v) is 3.25. The Morgan fingerprint density at radius 3 is 2.48 bits per heavy atom. The number of anilines is 1. The van der Waals surface area contributed by atoms with Crippen molar-refractivity contribution < 1.29 is 14.3 Å². The minimum atomic E-state index is -0.349. The van der Waals surface area contributed by atoms with Crippen LogP contribution in [0.5, 0.6) is 11.5 Å². The van der Waals surface area contributed by atoms with Gasteiger partial charge in [0.15, 0.2) is 11.7 Å². The van der Waals surface area contributed by atoms with Gasteiger partial charge in [0.05, 0.1) is 11.1 Å². The predicted octanol–water partition coefficient (Wildman–Crippen LogP) is 4.50. The normalized spacial score (nSPS) is 10.0. The summed E-state index contributed by atoms with van der Waals surface area (Å²) in [4.78, 5) is 11.9. The van der Waals surface area contributed by atoms with E-state index < -0.39 is 0 Å². The van der Waals surface area contributed by atoms with Crippen LogP contribution in [0.25, 0.3) is 0 Å². The topological polar surface area (TPSA) is 59.6 Å². The van der Waals surface area contributed by atoms with E-state index in [1.807, 2.05) is 43.3 Å². The Morgan fingerprint density at radius 2 is 1.84 bits per heavy atom. The summed E-state index contributed by atoms with van der Waals surface area (Å²) in [6.45, 7) is 2.38. The van der Waals surface area contributed by atoms with Gasteiger partial charge in [0.25, 0.3) is 5.91 Å². The molecule has 5 nitrogen and oxygen atoms in total. The fourth-order valence-electron chi connectivity index (χ4n) is 1.86. The molecule has 0 fully saturated rings. The van der Waals surface area contributed by atoms with Crippen LogP contribution in [0.1, 0.15) is 6.92 Å². The first-order chi connectivity index (χ1) is 12.0. The van der Waals surface area contributed by atoms with E-state index in [-0.39, 0.29) is 17.6 Å². The summed E-state index contributed by atoms with van der Waals surface area (Å²) in [6.07, 6.45) is 0.